The molecule has 1 aromatic heterocycles. The first-order valence-electron chi connectivity index (χ1n) is 6.01. The number of carbonyl (C=O) groups is 1. The van der Waals surface area contributed by atoms with Crippen LogP contribution in [-0.4, -0.2) is 22.0 Å². The van der Waals surface area contributed by atoms with Gasteiger partial charge in [0.2, 0.25) is 0 Å². The van der Waals surface area contributed by atoms with Crippen LogP contribution in [-0.2, 0) is 14.1 Å². The highest BCUT2D eigenvalue weighted by atomic mass is 19.1. The first-order valence-corrected chi connectivity index (χ1v) is 6.01. The van der Waals surface area contributed by atoms with Crippen molar-refractivity contribution in [1.29, 1.82) is 0 Å². The third-order valence-electron chi connectivity index (χ3n) is 3.10. The van der Waals surface area contributed by atoms with Crippen LogP contribution in [0.15, 0.2) is 34.0 Å². The van der Waals surface area contributed by atoms with Crippen LogP contribution in [0.4, 0.5) is 4.39 Å². The molecule has 0 aliphatic rings. The van der Waals surface area contributed by atoms with Crippen LogP contribution >= 0.6 is 0 Å². The third kappa shape index (κ3) is 2.49. The Morgan fingerprint density at radius 3 is 2.52 bits per heavy atom. The normalized spacial score (nSPS) is 10.5. The summed E-state index contributed by atoms with van der Waals surface area (Å²) in [5.74, 6) is -1.31. The molecule has 1 aromatic carbocycles. The molecule has 0 saturated heterocycles. The van der Waals surface area contributed by atoms with E-state index in [1.165, 1.54) is 39.5 Å². The summed E-state index contributed by atoms with van der Waals surface area (Å²) < 4.78 is 20.1. The molecule has 0 spiro atoms. The second-order valence-corrected chi connectivity index (χ2v) is 4.48. The minimum atomic E-state index is -0.702. The minimum absolute atomic E-state index is 0.0949. The minimum Gasteiger partial charge on any atom is -0.494 e. The maximum atomic E-state index is 13.3. The first kappa shape index (κ1) is 14.7. The van der Waals surface area contributed by atoms with Crippen LogP contribution in [0.1, 0.15) is 15.9 Å². The number of aryl methyl sites for hydroxylation is 1. The van der Waals surface area contributed by atoms with E-state index in [1.54, 1.807) is 0 Å². The predicted molar refractivity (Wildman–Crippen MR) is 73.3 cm³/mol. The maximum Gasteiger partial charge on any atom is 0.330 e. The number of ketones is 1. The molecule has 2 rings (SSSR count). The Morgan fingerprint density at radius 1 is 1.24 bits per heavy atom. The highest BCUT2D eigenvalue weighted by Gasteiger charge is 2.18. The van der Waals surface area contributed by atoms with Gasteiger partial charge in [-0.25, -0.2) is 9.18 Å². The van der Waals surface area contributed by atoms with Gasteiger partial charge in [-0.15, -0.1) is 0 Å². The average Bonchev–Trinajstić information content (AvgIpc) is 2.48. The zero-order chi connectivity index (χ0) is 15.7. The molecule has 1 heterocycles. The molecular formula is C14H13FN2O4. The van der Waals surface area contributed by atoms with Gasteiger partial charge < -0.3 is 9.30 Å². The molecule has 110 valence electrons. The number of ether oxygens (including phenoxy) is 1. The standard InChI is InChI=1S/C14H13FN2O4/c1-16-7-9(13(19)17(2)14(16)20)12(18)8-4-5-10(15)11(6-8)21-3/h4-7H,1-3H3. The van der Waals surface area contributed by atoms with E-state index in [0.717, 1.165) is 15.2 Å². The van der Waals surface area contributed by atoms with Crippen LogP contribution in [0.3, 0.4) is 0 Å². The summed E-state index contributed by atoms with van der Waals surface area (Å²) in [6.45, 7) is 0. The van der Waals surface area contributed by atoms with Crippen molar-refractivity contribution in [3.8, 4) is 5.75 Å². The second-order valence-electron chi connectivity index (χ2n) is 4.48. The molecule has 0 saturated carbocycles. The highest BCUT2D eigenvalue weighted by Crippen LogP contribution is 2.19. The fourth-order valence-corrected chi connectivity index (χ4v) is 1.92. The average molecular weight is 292 g/mol. The van der Waals surface area contributed by atoms with Crippen molar-refractivity contribution in [2.45, 2.75) is 0 Å². The van der Waals surface area contributed by atoms with E-state index in [9.17, 15) is 18.8 Å². The van der Waals surface area contributed by atoms with Gasteiger partial charge in [-0.3, -0.25) is 14.2 Å². The largest absolute Gasteiger partial charge is 0.494 e. The molecule has 21 heavy (non-hydrogen) atoms. The van der Waals surface area contributed by atoms with Crippen LogP contribution in [0.25, 0.3) is 0 Å². The summed E-state index contributed by atoms with van der Waals surface area (Å²) in [5, 5.41) is 0. The molecule has 6 nitrogen and oxygen atoms in total. The quantitative estimate of drug-likeness (QED) is 0.771. The maximum absolute atomic E-state index is 13.3. The fourth-order valence-electron chi connectivity index (χ4n) is 1.92. The van der Waals surface area contributed by atoms with Crippen molar-refractivity contribution < 1.29 is 13.9 Å². The lowest BCUT2D eigenvalue weighted by Gasteiger charge is -2.07. The van der Waals surface area contributed by atoms with E-state index in [4.69, 9.17) is 4.74 Å². The van der Waals surface area contributed by atoms with Crippen molar-refractivity contribution in [3.05, 3.63) is 62.2 Å². The van der Waals surface area contributed by atoms with Gasteiger partial charge in [0.05, 0.1) is 7.11 Å². The summed E-state index contributed by atoms with van der Waals surface area (Å²) in [5.41, 5.74) is -1.31. The Kier molecular flexibility index (Phi) is 3.75. The van der Waals surface area contributed by atoms with E-state index in [0.29, 0.717) is 0 Å². The number of carbonyl (C=O) groups excluding carboxylic acids is 1. The van der Waals surface area contributed by atoms with Gasteiger partial charge in [-0.05, 0) is 18.2 Å². The van der Waals surface area contributed by atoms with Gasteiger partial charge in [-0.2, -0.15) is 0 Å². The Balaban J connectivity index is 2.61. The topological polar surface area (TPSA) is 70.3 Å². The molecule has 0 fully saturated rings. The van der Waals surface area contributed by atoms with Crippen LogP contribution < -0.4 is 16.0 Å². The lowest BCUT2D eigenvalue weighted by Crippen LogP contribution is -2.39. The van der Waals surface area contributed by atoms with Crippen molar-refractivity contribution in [2.75, 3.05) is 7.11 Å². The van der Waals surface area contributed by atoms with E-state index >= 15 is 0 Å². The third-order valence-corrected chi connectivity index (χ3v) is 3.10. The van der Waals surface area contributed by atoms with Crippen molar-refractivity contribution in [3.63, 3.8) is 0 Å². The van der Waals surface area contributed by atoms with Crippen molar-refractivity contribution in [2.24, 2.45) is 14.1 Å². The number of rotatable bonds is 3. The zero-order valence-electron chi connectivity index (χ0n) is 11.7. The first-order chi connectivity index (χ1) is 9.86. The molecule has 0 aliphatic heterocycles. The summed E-state index contributed by atoms with van der Waals surface area (Å²) >= 11 is 0. The molecule has 0 aliphatic carbocycles. The fraction of sp³-hybridized carbons (Fsp3) is 0.214. The monoisotopic (exact) mass is 292 g/mol. The number of benzene rings is 1. The van der Waals surface area contributed by atoms with Crippen molar-refractivity contribution >= 4 is 5.78 Å². The number of halogens is 1. The predicted octanol–water partition coefficient (Wildman–Crippen LogP) is 0.463. The molecule has 0 radical (unpaired) electrons. The molecule has 0 bridgehead atoms. The van der Waals surface area contributed by atoms with Crippen molar-refractivity contribution in [1.82, 2.24) is 9.13 Å². The Hall–Kier alpha value is -2.70. The van der Waals surface area contributed by atoms with E-state index < -0.39 is 22.8 Å². The molecule has 0 atom stereocenters. The number of hydrogen-bond donors (Lipinski definition) is 0. The SMILES string of the molecule is COc1cc(C(=O)c2cn(C)c(=O)n(C)c2=O)ccc1F. The van der Waals surface area contributed by atoms with E-state index in [1.807, 2.05) is 0 Å². The summed E-state index contributed by atoms with van der Waals surface area (Å²) in [7, 11) is 3.99. The number of hydrogen-bond acceptors (Lipinski definition) is 4. The van der Waals surface area contributed by atoms with Gasteiger partial charge in [0.1, 0.15) is 5.56 Å². The van der Waals surface area contributed by atoms with Gasteiger partial charge in [0, 0.05) is 25.9 Å². The van der Waals surface area contributed by atoms with Gasteiger partial charge in [0.25, 0.3) is 5.56 Å². The lowest BCUT2D eigenvalue weighted by atomic mass is 10.1. The van der Waals surface area contributed by atoms with Gasteiger partial charge >= 0.3 is 5.69 Å². The summed E-state index contributed by atoms with van der Waals surface area (Å²) in [6, 6.07) is 3.55. The Labute approximate surface area is 119 Å². The number of aromatic nitrogens is 2. The number of methoxy groups -OCH3 is 1. The van der Waals surface area contributed by atoms with Crippen LogP contribution in [0.5, 0.6) is 5.75 Å². The molecule has 0 amide bonds. The molecule has 0 N–H and O–H groups in total. The molecule has 7 heteroatoms. The smallest absolute Gasteiger partial charge is 0.330 e. The van der Waals surface area contributed by atoms with Crippen LogP contribution in [0.2, 0.25) is 0 Å². The summed E-state index contributed by atoms with van der Waals surface area (Å²) in [4.78, 5) is 35.9. The number of nitrogens with zero attached hydrogens (tertiary/aromatic N) is 2. The Bertz CT molecular complexity index is 836. The second kappa shape index (κ2) is 5.35. The lowest BCUT2D eigenvalue weighted by molar-refractivity contribution is 0.103. The van der Waals surface area contributed by atoms with E-state index in [2.05, 4.69) is 0 Å². The highest BCUT2D eigenvalue weighted by molar-refractivity contribution is 6.08. The van der Waals surface area contributed by atoms with Crippen LogP contribution in [0, 0.1) is 5.82 Å². The van der Waals surface area contributed by atoms with Gasteiger partial charge in [-0.1, -0.05) is 0 Å². The summed E-state index contributed by atoms with van der Waals surface area (Å²) in [6.07, 6.45) is 1.17. The molecule has 0 unspecified atom stereocenters. The molecule has 2 aromatic rings. The zero-order valence-corrected chi connectivity index (χ0v) is 11.7. The van der Waals surface area contributed by atoms with E-state index in [-0.39, 0.29) is 16.9 Å². The Morgan fingerprint density at radius 2 is 1.90 bits per heavy atom. The molecular weight excluding hydrogens is 279 g/mol. The van der Waals surface area contributed by atoms with Gasteiger partial charge in [0.15, 0.2) is 17.3 Å².